The van der Waals surface area contributed by atoms with Crippen LogP contribution in [-0.4, -0.2) is 52.7 Å². The largest absolute Gasteiger partial charge is 0.476 e. The zero-order valence-corrected chi connectivity index (χ0v) is 27.6. The lowest BCUT2D eigenvalue weighted by molar-refractivity contribution is -0.146. The number of carbonyl (C=O) groups is 2. The summed E-state index contributed by atoms with van der Waals surface area (Å²) in [5, 5.41) is 11.2. The summed E-state index contributed by atoms with van der Waals surface area (Å²) in [6.45, 7) is 16.1. The number of esters is 1. The highest BCUT2D eigenvalue weighted by atomic mass is 35.5. The molecule has 1 saturated heterocycles. The van der Waals surface area contributed by atoms with Gasteiger partial charge in [0.1, 0.15) is 0 Å². The summed E-state index contributed by atoms with van der Waals surface area (Å²) in [5.41, 5.74) is 8.51. The number of ether oxygens (including phenoxy) is 1. The average molecular weight is 618 g/mol. The van der Waals surface area contributed by atoms with Gasteiger partial charge in [0.25, 0.3) is 0 Å². The molecule has 2 aromatic carbocycles. The second kappa shape index (κ2) is 12.9. The molecule has 0 amide bonds. The van der Waals surface area contributed by atoms with Crippen LogP contribution in [0.15, 0.2) is 36.4 Å². The molecular formula is C36H44ClN3O4. The van der Waals surface area contributed by atoms with Crippen LogP contribution >= 0.6 is 11.6 Å². The van der Waals surface area contributed by atoms with Crippen LogP contribution < -0.4 is 4.90 Å². The molecule has 7 nitrogen and oxygen atoms in total. The van der Waals surface area contributed by atoms with Gasteiger partial charge in [-0.15, -0.1) is 0 Å². The van der Waals surface area contributed by atoms with E-state index in [1.165, 1.54) is 16.7 Å². The number of piperidine rings is 1. The number of aromatic nitrogens is 1. The molecule has 1 aromatic heterocycles. The molecule has 234 valence electrons. The van der Waals surface area contributed by atoms with Crippen LogP contribution in [0.4, 0.5) is 5.69 Å². The summed E-state index contributed by atoms with van der Waals surface area (Å²) in [6.07, 6.45) is 2.58. The number of fused-ring (bicyclic) bond motifs is 1. The van der Waals surface area contributed by atoms with Crippen LogP contribution in [0.3, 0.4) is 0 Å². The summed E-state index contributed by atoms with van der Waals surface area (Å²) in [6, 6.07) is 12.3. The van der Waals surface area contributed by atoms with Crippen LogP contribution in [0.25, 0.3) is 11.1 Å². The van der Waals surface area contributed by atoms with E-state index in [-0.39, 0.29) is 29.6 Å². The van der Waals surface area contributed by atoms with E-state index in [9.17, 15) is 14.7 Å². The van der Waals surface area contributed by atoms with E-state index in [1.54, 1.807) is 6.92 Å². The lowest BCUT2D eigenvalue weighted by Crippen LogP contribution is -2.38. The molecule has 1 fully saturated rings. The minimum absolute atomic E-state index is 0.0230. The molecule has 2 aliphatic rings. The minimum Gasteiger partial charge on any atom is -0.476 e. The van der Waals surface area contributed by atoms with Gasteiger partial charge in [0, 0.05) is 54.6 Å². The van der Waals surface area contributed by atoms with Crippen molar-refractivity contribution in [2.24, 2.45) is 5.41 Å². The standard InChI is InChI=1S/C36H44ClN3O4/c1-22(2)44-31(41)19-28-24(4)38-33(35(42)43)32(34(28)40-16-13-36(5,6)14-17-40)26-10-11-27-20-39(15-12-25(27)18-26)21-29-23(3)8-7-9-30(29)37/h7-11,18,22H,12-17,19-21H2,1-6H3,(H,42,43). The molecule has 0 radical (unpaired) electrons. The van der Waals surface area contributed by atoms with Gasteiger partial charge in [-0.05, 0) is 86.3 Å². The monoisotopic (exact) mass is 617 g/mol. The quantitative estimate of drug-likeness (QED) is 0.264. The lowest BCUT2D eigenvalue weighted by Gasteiger charge is -2.40. The molecule has 0 unspecified atom stereocenters. The van der Waals surface area contributed by atoms with Gasteiger partial charge in [0.05, 0.1) is 18.2 Å². The topological polar surface area (TPSA) is 83.0 Å². The molecule has 44 heavy (non-hydrogen) atoms. The van der Waals surface area contributed by atoms with E-state index in [2.05, 4.69) is 53.8 Å². The Morgan fingerprint density at radius 3 is 2.43 bits per heavy atom. The number of aryl methyl sites for hydroxylation is 2. The van der Waals surface area contributed by atoms with Crippen LogP contribution in [0, 0.1) is 19.3 Å². The van der Waals surface area contributed by atoms with Crippen LogP contribution in [-0.2, 0) is 35.5 Å². The zero-order chi connectivity index (χ0) is 31.8. The predicted molar refractivity (Wildman–Crippen MR) is 176 cm³/mol. The van der Waals surface area contributed by atoms with E-state index in [0.29, 0.717) is 11.3 Å². The Labute approximate surface area is 266 Å². The Hall–Kier alpha value is -3.42. The Kier molecular flexibility index (Phi) is 9.38. The second-order valence-electron chi connectivity index (χ2n) is 13.4. The Morgan fingerprint density at radius 1 is 1.05 bits per heavy atom. The van der Waals surface area contributed by atoms with Crippen molar-refractivity contribution in [1.82, 2.24) is 9.88 Å². The fourth-order valence-electron chi connectivity index (χ4n) is 6.49. The maximum Gasteiger partial charge on any atom is 0.355 e. The molecule has 0 saturated carbocycles. The minimum atomic E-state index is -1.07. The third kappa shape index (κ3) is 6.94. The third-order valence-electron chi connectivity index (χ3n) is 9.12. The van der Waals surface area contributed by atoms with E-state index < -0.39 is 5.97 Å². The molecule has 0 bridgehead atoms. The van der Waals surface area contributed by atoms with Crippen molar-refractivity contribution in [3.8, 4) is 11.1 Å². The number of aromatic carboxylic acids is 1. The normalized spacial score (nSPS) is 16.6. The van der Waals surface area contributed by atoms with E-state index >= 15 is 0 Å². The van der Waals surface area contributed by atoms with E-state index in [0.717, 1.165) is 79.4 Å². The molecule has 0 atom stereocenters. The van der Waals surface area contributed by atoms with Gasteiger partial charge in [-0.1, -0.05) is 55.8 Å². The summed E-state index contributed by atoms with van der Waals surface area (Å²) >= 11 is 6.54. The van der Waals surface area contributed by atoms with Crippen molar-refractivity contribution in [2.45, 2.75) is 86.4 Å². The van der Waals surface area contributed by atoms with E-state index in [4.69, 9.17) is 16.3 Å². The first kappa shape index (κ1) is 32.0. The Balaban J connectivity index is 1.56. The molecule has 8 heteroatoms. The van der Waals surface area contributed by atoms with Crippen molar-refractivity contribution >= 4 is 29.2 Å². The van der Waals surface area contributed by atoms with Gasteiger partial charge in [-0.25, -0.2) is 9.78 Å². The Morgan fingerprint density at radius 2 is 1.77 bits per heavy atom. The molecule has 2 aliphatic heterocycles. The highest BCUT2D eigenvalue weighted by molar-refractivity contribution is 6.31. The highest BCUT2D eigenvalue weighted by Crippen LogP contribution is 2.42. The van der Waals surface area contributed by atoms with Crippen molar-refractivity contribution < 1.29 is 19.4 Å². The van der Waals surface area contributed by atoms with Crippen LogP contribution in [0.5, 0.6) is 0 Å². The molecule has 3 aromatic rings. The summed E-state index contributed by atoms with van der Waals surface area (Å²) in [7, 11) is 0. The van der Waals surface area contributed by atoms with Crippen molar-refractivity contribution in [3.63, 3.8) is 0 Å². The number of carbonyl (C=O) groups excluding carboxylic acids is 1. The molecule has 1 N–H and O–H groups in total. The zero-order valence-electron chi connectivity index (χ0n) is 26.8. The third-order valence-corrected chi connectivity index (χ3v) is 9.47. The van der Waals surface area contributed by atoms with Crippen molar-refractivity contribution in [1.29, 1.82) is 0 Å². The summed E-state index contributed by atoms with van der Waals surface area (Å²) in [4.78, 5) is 35.0. The number of carboxylic acids is 1. The molecule has 5 rings (SSSR count). The SMILES string of the molecule is Cc1cccc(Cl)c1CN1CCc2cc(-c3c(C(=O)O)nc(C)c(CC(=O)OC(C)C)c3N3CCC(C)(C)CC3)ccc2C1. The van der Waals surface area contributed by atoms with Crippen LogP contribution in [0.2, 0.25) is 5.02 Å². The number of carboxylic acid groups (broad SMARTS) is 1. The van der Waals surface area contributed by atoms with Gasteiger partial charge < -0.3 is 14.7 Å². The number of benzene rings is 2. The van der Waals surface area contributed by atoms with Gasteiger partial charge in [0.2, 0.25) is 0 Å². The molecular weight excluding hydrogens is 574 g/mol. The van der Waals surface area contributed by atoms with E-state index in [1.807, 2.05) is 32.0 Å². The Bertz CT molecular complexity index is 1550. The lowest BCUT2D eigenvalue weighted by atomic mass is 9.81. The maximum atomic E-state index is 13.0. The fraction of sp³-hybridized carbons (Fsp3) is 0.472. The molecule has 0 spiro atoms. The first-order valence-corrected chi connectivity index (χ1v) is 16.0. The number of rotatable bonds is 8. The number of hydrogen-bond acceptors (Lipinski definition) is 6. The summed E-state index contributed by atoms with van der Waals surface area (Å²) in [5.74, 6) is -1.41. The van der Waals surface area contributed by atoms with Gasteiger partial charge in [-0.2, -0.15) is 0 Å². The second-order valence-corrected chi connectivity index (χ2v) is 13.8. The van der Waals surface area contributed by atoms with Crippen molar-refractivity contribution in [2.75, 3.05) is 24.5 Å². The van der Waals surface area contributed by atoms with Gasteiger partial charge in [0.15, 0.2) is 5.69 Å². The smallest absolute Gasteiger partial charge is 0.355 e. The number of nitrogens with zero attached hydrogens (tertiary/aromatic N) is 3. The number of anilines is 1. The molecule has 3 heterocycles. The highest BCUT2D eigenvalue weighted by Gasteiger charge is 2.33. The maximum absolute atomic E-state index is 13.0. The first-order chi connectivity index (χ1) is 20.8. The van der Waals surface area contributed by atoms with Crippen LogP contribution in [0.1, 0.15) is 84.5 Å². The number of halogens is 1. The first-order valence-electron chi connectivity index (χ1n) is 15.6. The number of pyridine rings is 1. The van der Waals surface area contributed by atoms with Gasteiger partial charge in [-0.3, -0.25) is 9.69 Å². The molecule has 0 aliphatic carbocycles. The predicted octanol–water partition coefficient (Wildman–Crippen LogP) is 7.40. The summed E-state index contributed by atoms with van der Waals surface area (Å²) < 4.78 is 5.54. The van der Waals surface area contributed by atoms with Crippen molar-refractivity contribution in [3.05, 3.63) is 80.6 Å². The average Bonchev–Trinajstić information content (AvgIpc) is 2.95. The fourth-order valence-corrected chi connectivity index (χ4v) is 6.77. The van der Waals surface area contributed by atoms with Gasteiger partial charge >= 0.3 is 11.9 Å². The number of hydrogen-bond donors (Lipinski definition) is 1.